The number of piperidine rings is 1. The van der Waals surface area contributed by atoms with E-state index in [4.69, 9.17) is 0 Å². The molecule has 1 unspecified atom stereocenters. The standard InChI is InChI=1S/C17H25N5O2S/c1-22-8-6-14(7-9-22)21-17(24)20-13-4-2-12(3-5-13)19-16(23)15-10-25-11-18-15/h2-5,14-15,18H,6-11H2,1H3,(H,19,23)(H2,20,21,24). The van der Waals surface area contributed by atoms with Crippen LogP contribution in [0.15, 0.2) is 24.3 Å². The highest BCUT2D eigenvalue weighted by molar-refractivity contribution is 7.99. The number of hydrogen-bond acceptors (Lipinski definition) is 5. The highest BCUT2D eigenvalue weighted by Crippen LogP contribution is 2.16. The van der Waals surface area contributed by atoms with E-state index in [0.717, 1.165) is 43.2 Å². The molecule has 8 heteroatoms. The van der Waals surface area contributed by atoms with Crippen molar-refractivity contribution < 1.29 is 9.59 Å². The monoisotopic (exact) mass is 363 g/mol. The molecule has 1 aromatic carbocycles. The third kappa shape index (κ3) is 5.35. The Balaban J connectivity index is 1.45. The maximum atomic E-state index is 12.1. The van der Waals surface area contributed by atoms with Crippen LogP contribution in [-0.2, 0) is 4.79 Å². The van der Waals surface area contributed by atoms with E-state index in [1.165, 1.54) is 0 Å². The summed E-state index contributed by atoms with van der Waals surface area (Å²) in [5, 5.41) is 11.9. The van der Waals surface area contributed by atoms with Crippen molar-refractivity contribution in [1.82, 2.24) is 15.5 Å². The summed E-state index contributed by atoms with van der Waals surface area (Å²) in [6.45, 7) is 2.02. The van der Waals surface area contributed by atoms with Crippen LogP contribution in [0.5, 0.6) is 0 Å². The second-order valence-electron chi connectivity index (χ2n) is 6.51. The van der Waals surface area contributed by atoms with E-state index < -0.39 is 0 Å². The van der Waals surface area contributed by atoms with Gasteiger partial charge in [-0.3, -0.25) is 10.1 Å². The van der Waals surface area contributed by atoms with E-state index in [9.17, 15) is 9.59 Å². The minimum Gasteiger partial charge on any atom is -0.335 e. The first-order valence-corrected chi connectivity index (χ1v) is 9.74. The molecule has 0 aromatic heterocycles. The van der Waals surface area contributed by atoms with Gasteiger partial charge in [0.2, 0.25) is 5.91 Å². The van der Waals surface area contributed by atoms with Crippen molar-refractivity contribution in [3.05, 3.63) is 24.3 Å². The summed E-state index contributed by atoms with van der Waals surface area (Å²) < 4.78 is 0. The summed E-state index contributed by atoms with van der Waals surface area (Å²) in [5.41, 5.74) is 1.43. The zero-order valence-electron chi connectivity index (χ0n) is 14.4. The van der Waals surface area contributed by atoms with Crippen LogP contribution >= 0.6 is 11.8 Å². The SMILES string of the molecule is CN1CCC(NC(=O)Nc2ccc(NC(=O)C3CSCN3)cc2)CC1. The second-order valence-corrected chi connectivity index (χ2v) is 7.54. The minimum absolute atomic E-state index is 0.0225. The van der Waals surface area contributed by atoms with E-state index in [2.05, 4.69) is 33.2 Å². The molecule has 0 aliphatic carbocycles. The molecular formula is C17H25N5O2S. The summed E-state index contributed by atoms with van der Waals surface area (Å²) in [5.74, 6) is 1.58. The van der Waals surface area contributed by atoms with Gasteiger partial charge < -0.3 is 20.9 Å². The van der Waals surface area contributed by atoms with Crippen LogP contribution in [-0.4, -0.2) is 60.7 Å². The first-order valence-electron chi connectivity index (χ1n) is 8.58. The van der Waals surface area contributed by atoms with Crippen molar-refractivity contribution >= 4 is 35.1 Å². The zero-order chi connectivity index (χ0) is 17.6. The third-order valence-corrected chi connectivity index (χ3v) is 5.44. The van der Waals surface area contributed by atoms with E-state index in [1.807, 2.05) is 0 Å². The zero-order valence-corrected chi connectivity index (χ0v) is 15.2. The minimum atomic E-state index is -0.182. The molecule has 3 rings (SSSR count). The van der Waals surface area contributed by atoms with Crippen molar-refractivity contribution in [2.24, 2.45) is 0 Å². The molecule has 3 amide bonds. The van der Waals surface area contributed by atoms with E-state index in [-0.39, 0.29) is 24.0 Å². The molecule has 2 saturated heterocycles. The summed E-state index contributed by atoms with van der Waals surface area (Å²) in [7, 11) is 2.10. The number of thioether (sulfide) groups is 1. The largest absolute Gasteiger partial charge is 0.335 e. The average molecular weight is 363 g/mol. The van der Waals surface area contributed by atoms with Gasteiger partial charge in [-0.15, -0.1) is 11.8 Å². The van der Waals surface area contributed by atoms with Crippen LogP contribution in [0.4, 0.5) is 16.2 Å². The van der Waals surface area contributed by atoms with Crippen LogP contribution in [0.2, 0.25) is 0 Å². The lowest BCUT2D eigenvalue weighted by atomic mass is 10.1. The van der Waals surface area contributed by atoms with Crippen molar-refractivity contribution in [2.75, 3.05) is 42.4 Å². The lowest BCUT2D eigenvalue weighted by molar-refractivity contribution is -0.117. The molecule has 1 aromatic rings. The number of likely N-dealkylation sites (tertiary alicyclic amines) is 1. The highest BCUT2D eigenvalue weighted by Gasteiger charge is 2.22. The molecule has 2 aliphatic rings. The van der Waals surface area contributed by atoms with Crippen molar-refractivity contribution in [3.63, 3.8) is 0 Å². The Labute approximate surface area is 152 Å². The van der Waals surface area contributed by atoms with Gasteiger partial charge in [0.25, 0.3) is 0 Å². The van der Waals surface area contributed by atoms with E-state index in [0.29, 0.717) is 5.69 Å². The Morgan fingerprint density at radius 3 is 2.36 bits per heavy atom. The molecule has 2 fully saturated rings. The van der Waals surface area contributed by atoms with Crippen LogP contribution in [0.25, 0.3) is 0 Å². The van der Waals surface area contributed by atoms with Gasteiger partial charge in [0.05, 0.1) is 6.04 Å². The second kappa shape index (κ2) is 8.55. The number of amides is 3. The predicted octanol–water partition coefficient (Wildman–Crippen LogP) is 1.50. The first kappa shape index (κ1) is 18.0. The average Bonchev–Trinajstić information content (AvgIpc) is 3.13. The Morgan fingerprint density at radius 1 is 1.12 bits per heavy atom. The van der Waals surface area contributed by atoms with Gasteiger partial charge in [-0.05, 0) is 57.2 Å². The fourth-order valence-electron chi connectivity index (χ4n) is 2.94. The van der Waals surface area contributed by atoms with Crippen LogP contribution < -0.4 is 21.3 Å². The lowest BCUT2D eigenvalue weighted by Gasteiger charge is -2.29. The fourth-order valence-corrected chi connectivity index (χ4v) is 3.88. The fraction of sp³-hybridized carbons (Fsp3) is 0.529. The Hall–Kier alpha value is -1.77. The smallest absolute Gasteiger partial charge is 0.319 e. The van der Waals surface area contributed by atoms with Gasteiger partial charge in [0.15, 0.2) is 0 Å². The number of benzene rings is 1. The summed E-state index contributed by atoms with van der Waals surface area (Å²) in [6.07, 6.45) is 1.95. The number of hydrogen-bond donors (Lipinski definition) is 4. The maximum Gasteiger partial charge on any atom is 0.319 e. The molecule has 0 saturated carbocycles. The van der Waals surface area contributed by atoms with Gasteiger partial charge in [-0.1, -0.05) is 0 Å². The highest BCUT2D eigenvalue weighted by atomic mass is 32.2. The quantitative estimate of drug-likeness (QED) is 0.651. The maximum absolute atomic E-state index is 12.1. The number of carbonyl (C=O) groups excluding carboxylic acids is 2. The number of anilines is 2. The van der Waals surface area contributed by atoms with Crippen molar-refractivity contribution in [1.29, 1.82) is 0 Å². The molecule has 2 heterocycles. The molecule has 25 heavy (non-hydrogen) atoms. The van der Waals surface area contributed by atoms with Crippen LogP contribution in [0.3, 0.4) is 0 Å². The molecule has 0 radical (unpaired) electrons. The van der Waals surface area contributed by atoms with Gasteiger partial charge >= 0.3 is 6.03 Å². The lowest BCUT2D eigenvalue weighted by Crippen LogP contribution is -2.44. The Morgan fingerprint density at radius 2 is 1.76 bits per heavy atom. The van der Waals surface area contributed by atoms with Crippen LogP contribution in [0.1, 0.15) is 12.8 Å². The Kier molecular flexibility index (Phi) is 6.17. The van der Waals surface area contributed by atoms with E-state index in [1.54, 1.807) is 36.0 Å². The number of nitrogens with zero attached hydrogens (tertiary/aromatic N) is 1. The number of nitrogens with one attached hydrogen (secondary N) is 4. The van der Waals surface area contributed by atoms with Gasteiger partial charge in [0.1, 0.15) is 0 Å². The number of urea groups is 1. The molecule has 4 N–H and O–H groups in total. The molecule has 2 aliphatic heterocycles. The molecule has 1 atom stereocenters. The number of rotatable bonds is 4. The molecule has 7 nitrogen and oxygen atoms in total. The topological polar surface area (TPSA) is 85.5 Å². The van der Waals surface area contributed by atoms with Gasteiger partial charge in [-0.2, -0.15) is 0 Å². The summed E-state index contributed by atoms with van der Waals surface area (Å²) >= 11 is 1.72. The number of carbonyl (C=O) groups is 2. The summed E-state index contributed by atoms with van der Waals surface area (Å²) in [4.78, 5) is 26.4. The molecule has 136 valence electrons. The predicted molar refractivity (Wildman–Crippen MR) is 102 cm³/mol. The van der Waals surface area contributed by atoms with Gasteiger partial charge in [-0.25, -0.2) is 4.79 Å². The van der Waals surface area contributed by atoms with Gasteiger partial charge in [0, 0.05) is 29.0 Å². The summed E-state index contributed by atoms with van der Waals surface area (Å²) in [6, 6.07) is 7.09. The van der Waals surface area contributed by atoms with E-state index >= 15 is 0 Å². The van der Waals surface area contributed by atoms with Crippen molar-refractivity contribution in [2.45, 2.75) is 24.9 Å². The molecule has 0 spiro atoms. The molecule has 0 bridgehead atoms. The normalized spacial score (nSPS) is 21.7. The Bertz CT molecular complexity index is 596. The first-order chi connectivity index (χ1) is 12.1. The van der Waals surface area contributed by atoms with Crippen LogP contribution in [0, 0.1) is 0 Å². The van der Waals surface area contributed by atoms with Crippen molar-refractivity contribution in [3.8, 4) is 0 Å². The molecular weight excluding hydrogens is 338 g/mol. The third-order valence-electron chi connectivity index (χ3n) is 4.50.